The number of nitrogens with two attached hydrogens (primary N) is 1. The quantitative estimate of drug-likeness (QED) is 0.773. The highest BCUT2D eigenvalue weighted by molar-refractivity contribution is 7.99. The number of aryl methyl sites for hydroxylation is 2. The minimum atomic E-state index is 0.478. The molecule has 0 bridgehead atoms. The van der Waals surface area contributed by atoms with Crippen molar-refractivity contribution in [1.29, 1.82) is 0 Å². The summed E-state index contributed by atoms with van der Waals surface area (Å²) in [5.74, 6) is 0.478. The molecule has 2 N–H and O–H groups in total. The minimum Gasteiger partial charge on any atom is -0.384 e. The van der Waals surface area contributed by atoms with Gasteiger partial charge in [-0.2, -0.15) is 5.10 Å². The molecule has 78 valence electrons. The van der Waals surface area contributed by atoms with Crippen LogP contribution in [0.25, 0.3) is 0 Å². The third-order valence-electron chi connectivity index (χ3n) is 1.81. The van der Waals surface area contributed by atoms with Crippen molar-refractivity contribution < 1.29 is 0 Å². The highest BCUT2D eigenvalue weighted by Gasteiger charge is 2.06. The summed E-state index contributed by atoms with van der Waals surface area (Å²) in [6.45, 7) is 1.95. The summed E-state index contributed by atoms with van der Waals surface area (Å²) >= 11 is 1.45. The largest absolute Gasteiger partial charge is 0.384 e. The Morgan fingerprint density at radius 2 is 2.27 bits per heavy atom. The van der Waals surface area contributed by atoms with Crippen LogP contribution in [0.15, 0.2) is 28.5 Å². The Balaban J connectivity index is 2.25. The molecule has 0 atom stereocenters. The van der Waals surface area contributed by atoms with Gasteiger partial charge in [-0.25, -0.2) is 9.97 Å². The molecule has 5 nitrogen and oxygen atoms in total. The van der Waals surface area contributed by atoms with Gasteiger partial charge in [0.15, 0.2) is 5.16 Å². The maximum atomic E-state index is 5.57. The predicted octanol–water partition coefficient (Wildman–Crippen LogP) is 1.25. The zero-order valence-electron chi connectivity index (χ0n) is 8.51. The molecule has 0 radical (unpaired) electrons. The summed E-state index contributed by atoms with van der Waals surface area (Å²) in [5.41, 5.74) is 6.54. The van der Waals surface area contributed by atoms with Gasteiger partial charge in [0.25, 0.3) is 0 Å². The molecular formula is C9H11N5S. The third-order valence-corrected chi connectivity index (χ3v) is 2.78. The van der Waals surface area contributed by atoms with E-state index in [9.17, 15) is 0 Å². The molecule has 0 saturated carbocycles. The smallest absolute Gasteiger partial charge is 0.195 e. The summed E-state index contributed by atoms with van der Waals surface area (Å²) in [6.07, 6.45) is 1.65. The molecule has 0 spiro atoms. The summed E-state index contributed by atoms with van der Waals surface area (Å²) in [4.78, 5) is 8.22. The fourth-order valence-electron chi connectivity index (χ4n) is 1.18. The highest BCUT2D eigenvalue weighted by Crippen LogP contribution is 2.24. The van der Waals surface area contributed by atoms with Gasteiger partial charge in [0.05, 0.1) is 5.69 Å². The van der Waals surface area contributed by atoms with Crippen molar-refractivity contribution in [1.82, 2.24) is 19.7 Å². The fraction of sp³-hybridized carbons (Fsp3) is 0.222. The SMILES string of the molecule is Cc1cc(Sc2nccc(N)n2)n(C)n1. The second-order valence-corrected chi connectivity index (χ2v) is 4.10. The van der Waals surface area contributed by atoms with E-state index in [-0.39, 0.29) is 0 Å². The second kappa shape index (κ2) is 3.90. The average Bonchev–Trinajstić information content (AvgIpc) is 2.45. The van der Waals surface area contributed by atoms with E-state index in [1.165, 1.54) is 11.8 Å². The number of anilines is 1. The number of rotatable bonds is 2. The molecule has 0 amide bonds. The maximum Gasteiger partial charge on any atom is 0.195 e. The fourth-order valence-corrected chi connectivity index (χ4v) is 2.03. The van der Waals surface area contributed by atoms with Crippen LogP contribution in [0.4, 0.5) is 5.82 Å². The Morgan fingerprint density at radius 3 is 2.87 bits per heavy atom. The van der Waals surface area contributed by atoms with E-state index in [4.69, 9.17) is 5.73 Å². The lowest BCUT2D eigenvalue weighted by molar-refractivity contribution is 0.691. The molecule has 2 heterocycles. The van der Waals surface area contributed by atoms with Crippen molar-refractivity contribution in [3.05, 3.63) is 24.0 Å². The highest BCUT2D eigenvalue weighted by atomic mass is 32.2. The number of aromatic nitrogens is 4. The Kier molecular flexibility index (Phi) is 2.59. The summed E-state index contributed by atoms with van der Waals surface area (Å²) in [5, 5.41) is 5.87. The average molecular weight is 221 g/mol. The lowest BCUT2D eigenvalue weighted by atomic mass is 10.5. The van der Waals surface area contributed by atoms with Crippen LogP contribution in [0.2, 0.25) is 0 Å². The molecule has 0 unspecified atom stereocenters. The molecule has 2 rings (SSSR count). The van der Waals surface area contributed by atoms with Crippen molar-refractivity contribution in [3.8, 4) is 0 Å². The number of hydrogen-bond acceptors (Lipinski definition) is 5. The Labute approximate surface area is 91.7 Å². The van der Waals surface area contributed by atoms with Gasteiger partial charge in [0.2, 0.25) is 0 Å². The summed E-state index contributed by atoms with van der Waals surface area (Å²) in [7, 11) is 1.89. The second-order valence-electron chi connectivity index (χ2n) is 3.11. The van der Waals surface area contributed by atoms with Gasteiger partial charge in [-0.3, -0.25) is 4.68 Å². The lowest BCUT2D eigenvalue weighted by Crippen LogP contribution is -1.96. The van der Waals surface area contributed by atoms with Crippen LogP contribution >= 0.6 is 11.8 Å². The van der Waals surface area contributed by atoms with Crippen molar-refractivity contribution in [2.75, 3.05) is 5.73 Å². The van der Waals surface area contributed by atoms with Gasteiger partial charge >= 0.3 is 0 Å². The Morgan fingerprint density at radius 1 is 1.47 bits per heavy atom. The van der Waals surface area contributed by atoms with E-state index in [2.05, 4.69) is 15.1 Å². The lowest BCUT2D eigenvalue weighted by Gasteiger charge is -2.00. The Bertz CT molecular complexity index is 479. The first-order valence-electron chi connectivity index (χ1n) is 4.42. The molecule has 0 fully saturated rings. The number of nitrogens with zero attached hydrogens (tertiary/aromatic N) is 4. The van der Waals surface area contributed by atoms with Crippen molar-refractivity contribution in [2.45, 2.75) is 17.1 Å². The first kappa shape index (κ1) is 9.97. The van der Waals surface area contributed by atoms with E-state index in [0.717, 1.165) is 10.7 Å². The zero-order chi connectivity index (χ0) is 10.8. The topological polar surface area (TPSA) is 69.6 Å². The number of nitrogen functional groups attached to an aromatic ring is 1. The van der Waals surface area contributed by atoms with Crippen LogP contribution in [0, 0.1) is 6.92 Å². The molecular weight excluding hydrogens is 210 g/mol. The van der Waals surface area contributed by atoms with E-state index in [0.29, 0.717) is 11.0 Å². The molecule has 2 aromatic rings. The molecule has 15 heavy (non-hydrogen) atoms. The van der Waals surface area contributed by atoms with Gasteiger partial charge < -0.3 is 5.73 Å². The first-order valence-corrected chi connectivity index (χ1v) is 5.24. The number of hydrogen-bond donors (Lipinski definition) is 1. The van der Waals surface area contributed by atoms with Crippen LogP contribution in [0.5, 0.6) is 0 Å². The molecule has 0 aliphatic rings. The molecule has 0 aliphatic carbocycles. The van der Waals surface area contributed by atoms with Gasteiger partial charge in [0, 0.05) is 13.2 Å². The van der Waals surface area contributed by atoms with Crippen molar-refractivity contribution >= 4 is 17.6 Å². The maximum absolute atomic E-state index is 5.57. The van der Waals surface area contributed by atoms with Gasteiger partial charge in [-0.15, -0.1) is 0 Å². The van der Waals surface area contributed by atoms with Crippen LogP contribution in [-0.2, 0) is 7.05 Å². The monoisotopic (exact) mass is 221 g/mol. The molecule has 0 saturated heterocycles. The zero-order valence-corrected chi connectivity index (χ0v) is 9.32. The molecule has 0 aliphatic heterocycles. The van der Waals surface area contributed by atoms with E-state index >= 15 is 0 Å². The van der Waals surface area contributed by atoms with Crippen LogP contribution in [0.3, 0.4) is 0 Å². The van der Waals surface area contributed by atoms with Crippen molar-refractivity contribution in [3.63, 3.8) is 0 Å². The van der Waals surface area contributed by atoms with E-state index in [1.54, 1.807) is 16.9 Å². The first-order chi connectivity index (χ1) is 7.15. The van der Waals surface area contributed by atoms with E-state index < -0.39 is 0 Å². The van der Waals surface area contributed by atoms with Gasteiger partial charge in [-0.1, -0.05) is 0 Å². The van der Waals surface area contributed by atoms with Gasteiger partial charge in [0.1, 0.15) is 10.8 Å². The molecule has 0 aromatic carbocycles. The molecule has 2 aromatic heterocycles. The van der Waals surface area contributed by atoms with Crippen molar-refractivity contribution in [2.24, 2.45) is 7.05 Å². The normalized spacial score (nSPS) is 10.5. The summed E-state index contributed by atoms with van der Waals surface area (Å²) < 4.78 is 1.80. The summed E-state index contributed by atoms with van der Waals surface area (Å²) in [6, 6.07) is 3.65. The predicted molar refractivity (Wildman–Crippen MR) is 58.5 cm³/mol. The standard InChI is InChI=1S/C9H11N5S/c1-6-5-8(14(2)13-6)15-9-11-4-3-7(10)12-9/h3-5H,1-2H3,(H2,10,11,12). The van der Waals surface area contributed by atoms with Gasteiger partial charge in [-0.05, 0) is 30.8 Å². The molecule has 6 heteroatoms. The van der Waals surface area contributed by atoms with E-state index in [1.807, 2.05) is 20.0 Å². The van der Waals surface area contributed by atoms with Crippen LogP contribution in [-0.4, -0.2) is 19.7 Å². The minimum absolute atomic E-state index is 0.478. The Hall–Kier alpha value is -1.56. The third kappa shape index (κ3) is 2.27. The van der Waals surface area contributed by atoms with Crippen LogP contribution < -0.4 is 5.73 Å². The van der Waals surface area contributed by atoms with Crippen LogP contribution in [0.1, 0.15) is 5.69 Å².